The number of phenols is 1. The summed E-state index contributed by atoms with van der Waals surface area (Å²) < 4.78 is 0. The first kappa shape index (κ1) is 20.1. The quantitative estimate of drug-likeness (QED) is 0.600. The molecule has 8 nitrogen and oxygen atoms in total. The van der Waals surface area contributed by atoms with Crippen LogP contribution in [0, 0.1) is 5.92 Å². The van der Waals surface area contributed by atoms with Gasteiger partial charge in [0.15, 0.2) is 0 Å². The molecule has 3 rings (SSSR count). The number of aliphatic carboxylic acids is 1. The first-order valence-corrected chi connectivity index (χ1v) is 9.58. The highest BCUT2D eigenvalue weighted by Crippen LogP contribution is 2.43. The Balaban J connectivity index is 1.83. The molecule has 0 radical (unpaired) electrons. The van der Waals surface area contributed by atoms with Crippen LogP contribution in [0.2, 0.25) is 0 Å². The van der Waals surface area contributed by atoms with E-state index < -0.39 is 30.0 Å². The molecule has 1 aromatic carbocycles. The lowest BCUT2D eigenvalue weighted by Crippen LogP contribution is -2.61. The highest BCUT2D eigenvalue weighted by molar-refractivity contribution is 5.98. The van der Waals surface area contributed by atoms with Crippen LogP contribution >= 0.6 is 0 Å². The number of amides is 2. The molecular formula is C20H27N3O5. The zero-order valence-corrected chi connectivity index (χ0v) is 16.2. The molecule has 2 aliphatic heterocycles. The molecule has 0 unspecified atom stereocenters. The first-order chi connectivity index (χ1) is 13.3. The maximum absolute atomic E-state index is 13.2. The van der Waals surface area contributed by atoms with Crippen LogP contribution < -0.4 is 5.32 Å². The van der Waals surface area contributed by atoms with Gasteiger partial charge >= 0.3 is 5.97 Å². The second-order valence-electron chi connectivity index (χ2n) is 7.84. The Bertz CT molecular complexity index is 749. The molecule has 4 atom stereocenters. The summed E-state index contributed by atoms with van der Waals surface area (Å²) in [5.74, 6) is -2.35. The minimum absolute atomic E-state index is 0.0617. The summed E-state index contributed by atoms with van der Waals surface area (Å²) in [5, 5.41) is 22.0. The van der Waals surface area contributed by atoms with Crippen molar-refractivity contribution in [1.29, 1.82) is 0 Å². The van der Waals surface area contributed by atoms with Gasteiger partial charge < -0.3 is 25.3 Å². The van der Waals surface area contributed by atoms with Crippen LogP contribution in [-0.2, 0) is 14.4 Å². The number of carboxylic acid groups (broad SMARTS) is 1. The highest BCUT2D eigenvalue weighted by Gasteiger charge is 2.54. The predicted molar refractivity (Wildman–Crippen MR) is 102 cm³/mol. The molecule has 0 bridgehead atoms. The Labute approximate surface area is 164 Å². The standard InChI is InChI=1S/C20H27N3O5/c1-22(2)10-4-3-5-15-19(26)23-16(18(25)21-15)11-14(20(27)28)17(23)12-6-8-13(24)9-7-12/h6-9,14-17,24H,3-5,10-11H2,1-2H3,(H,21,25)(H,27,28)/t14-,15+,16-,17-/m1/s1. The molecule has 2 fully saturated rings. The summed E-state index contributed by atoms with van der Waals surface area (Å²) in [4.78, 5) is 41.1. The molecule has 2 aliphatic rings. The van der Waals surface area contributed by atoms with Crippen molar-refractivity contribution in [1.82, 2.24) is 15.1 Å². The summed E-state index contributed by atoms with van der Waals surface area (Å²) in [6.07, 6.45) is 2.32. The normalized spacial score (nSPS) is 27.0. The van der Waals surface area contributed by atoms with E-state index in [0.29, 0.717) is 12.0 Å². The zero-order chi connectivity index (χ0) is 20.4. The second kappa shape index (κ2) is 8.18. The van der Waals surface area contributed by atoms with E-state index in [0.717, 1.165) is 19.4 Å². The number of carbonyl (C=O) groups is 3. The van der Waals surface area contributed by atoms with E-state index in [1.54, 1.807) is 12.1 Å². The molecule has 2 amide bonds. The number of nitrogens with zero attached hydrogens (tertiary/aromatic N) is 2. The lowest BCUT2D eigenvalue weighted by atomic mass is 9.93. The van der Waals surface area contributed by atoms with E-state index in [1.165, 1.54) is 17.0 Å². The average Bonchev–Trinajstić information content (AvgIpc) is 3.05. The maximum Gasteiger partial charge on any atom is 0.309 e. The number of hydrogen-bond donors (Lipinski definition) is 3. The Hall–Kier alpha value is -2.61. The molecule has 0 spiro atoms. The van der Waals surface area contributed by atoms with Crippen LogP contribution in [0.1, 0.15) is 37.3 Å². The van der Waals surface area contributed by atoms with Crippen molar-refractivity contribution in [2.45, 2.75) is 43.8 Å². The number of benzene rings is 1. The fourth-order valence-electron chi connectivity index (χ4n) is 4.18. The van der Waals surface area contributed by atoms with E-state index in [2.05, 4.69) is 10.2 Å². The van der Waals surface area contributed by atoms with E-state index in [-0.39, 0.29) is 24.0 Å². The molecule has 2 heterocycles. The molecule has 1 aromatic rings. The van der Waals surface area contributed by atoms with Crippen LogP contribution in [0.4, 0.5) is 0 Å². The molecule has 2 saturated heterocycles. The summed E-state index contributed by atoms with van der Waals surface area (Å²) >= 11 is 0. The van der Waals surface area contributed by atoms with E-state index in [9.17, 15) is 24.6 Å². The molecule has 0 aliphatic carbocycles. The minimum Gasteiger partial charge on any atom is -0.508 e. The summed E-state index contributed by atoms with van der Waals surface area (Å²) in [6.45, 7) is 0.901. The minimum atomic E-state index is -1.03. The van der Waals surface area contributed by atoms with E-state index >= 15 is 0 Å². The van der Waals surface area contributed by atoms with Crippen LogP contribution in [0.3, 0.4) is 0 Å². The fourth-order valence-corrected chi connectivity index (χ4v) is 4.18. The third-order valence-corrected chi connectivity index (χ3v) is 5.57. The van der Waals surface area contributed by atoms with Gasteiger partial charge in [0, 0.05) is 0 Å². The molecule has 3 N–H and O–H groups in total. The molecule has 152 valence electrons. The van der Waals surface area contributed by atoms with Gasteiger partial charge in [-0.3, -0.25) is 14.4 Å². The number of hydrogen-bond acceptors (Lipinski definition) is 5. The number of fused-ring (bicyclic) bond motifs is 1. The lowest BCUT2D eigenvalue weighted by Gasteiger charge is -2.38. The van der Waals surface area contributed by atoms with Crippen LogP contribution in [0.25, 0.3) is 0 Å². The van der Waals surface area contributed by atoms with Crippen molar-refractivity contribution < 1.29 is 24.6 Å². The van der Waals surface area contributed by atoms with Crippen molar-refractivity contribution in [2.24, 2.45) is 5.92 Å². The number of nitrogens with one attached hydrogen (secondary N) is 1. The smallest absolute Gasteiger partial charge is 0.309 e. The van der Waals surface area contributed by atoms with E-state index in [4.69, 9.17) is 0 Å². The zero-order valence-electron chi connectivity index (χ0n) is 16.2. The van der Waals surface area contributed by atoms with Gasteiger partial charge in [-0.25, -0.2) is 0 Å². The van der Waals surface area contributed by atoms with Crippen LogP contribution in [-0.4, -0.2) is 70.5 Å². The Morgan fingerprint density at radius 3 is 2.50 bits per heavy atom. The monoisotopic (exact) mass is 389 g/mol. The van der Waals surface area contributed by atoms with Gasteiger partial charge in [-0.2, -0.15) is 0 Å². The number of carbonyl (C=O) groups excluding carboxylic acids is 2. The van der Waals surface area contributed by atoms with Gasteiger partial charge in [-0.15, -0.1) is 0 Å². The molecule has 0 aromatic heterocycles. The van der Waals surface area contributed by atoms with Gasteiger partial charge in [0.2, 0.25) is 11.8 Å². The Morgan fingerprint density at radius 2 is 1.89 bits per heavy atom. The van der Waals surface area contributed by atoms with Crippen molar-refractivity contribution in [3.8, 4) is 5.75 Å². The number of piperazine rings is 1. The van der Waals surface area contributed by atoms with Gasteiger partial charge in [0.05, 0.1) is 12.0 Å². The number of carboxylic acids is 1. The Kier molecular flexibility index (Phi) is 5.88. The van der Waals surface area contributed by atoms with Crippen molar-refractivity contribution >= 4 is 17.8 Å². The second-order valence-corrected chi connectivity index (χ2v) is 7.84. The van der Waals surface area contributed by atoms with Crippen molar-refractivity contribution in [2.75, 3.05) is 20.6 Å². The summed E-state index contributed by atoms with van der Waals surface area (Å²) in [5.41, 5.74) is 0.613. The summed E-state index contributed by atoms with van der Waals surface area (Å²) in [6, 6.07) is 4.05. The van der Waals surface area contributed by atoms with Crippen molar-refractivity contribution in [3.63, 3.8) is 0 Å². The highest BCUT2D eigenvalue weighted by atomic mass is 16.4. The Morgan fingerprint density at radius 1 is 1.21 bits per heavy atom. The topological polar surface area (TPSA) is 110 Å². The maximum atomic E-state index is 13.2. The predicted octanol–water partition coefficient (Wildman–Crippen LogP) is 0.965. The number of phenolic OH excluding ortho intramolecular Hbond substituents is 1. The van der Waals surface area contributed by atoms with Crippen molar-refractivity contribution in [3.05, 3.63) is 29.8 Å². The lowest BCUT2D eigenvalue weighted by molar-refractivity contribution is -0.150. The first-order valence-electron chi connectivity index (χ1n) is 9.58. The SMILES string of the molecule is CN(C)CCCC[C@@H]1NC(=O)[C@H]2C[C@@H](C(=O)O)[C@@H](c3ccc(O)cc3)N2C1=O. The molecule has 8 heteroatoms. The third-order valence-electron chi connectivity index (χ3n) is 5.57. The largest absolute Gasteiger partial charge is 0.508 e. The van der Waals surface area contributed by atoms with E-state index in [1.807, 2.05) is 14.1 Å². The molecule has 0 saturated carbocycles. The fraction of sp³-hybridized carbons (Fsp3) is 0.550. The molecular weight excluding hydrogens is 362 g/mol. The van der Waals surface area contributed by atoms with Crippen LogP contribution in [0.5, 0.6) is 5.75 Å². The van der Waals surface area contributed by atoms with Gasteiger partial charge in [-0.05, 0) is 64.0 Å². The number of rotatable bonds is 7. The number of unbranched alkanes of at least 4 members (excludes halogenated alkanes) is 1. The molecule has 28 heavy (non-hydrogen) atoms. The van der Waals surface area contributed by atoms with Gasteiger partial charge in [0.1, 0.15) is 17.8 Å². The third kappa shape index (κ3) is 3.96. The van der Waals surface area contributed by atoms with Crippen LogP contribution in [0.15, 0.2) is 24.3 Å². The van der Waals surface area contributed by atoms with Gasteiger partial charge in [0.25, 0.3) is 0 Å². The summed E-state index contributed by atoms with van der Waals surface area (Å²) in [7, 11) is 3.97. The van der Waals surface area contributed by atoms with Gasteiger partial charge in [-0.1, -0.05) is 12.1 Å². The average molecular weight is 389 g/mol. The number of aromatic hydroxyl groups is 1.